The number of aliphatic imine (C=N–C) groups is 1. The molecule has 2 N–H and O–H groups in total. The van der Waals surface area contributed by atoms with E-state index in [1.807, 2.05) is 0 Å². The predicted octanol–water partition coefficient (Wildman–Crippen LogP) is 0.663. The average Bonchev–Trinajstić information content (AvgIpc) is 3.11. The maximum absolute atomic E-state index is 11.9. The van der Waals surface area contributed by atoms with Crippen molar-refractivity contribution in [2.75, 3.05) is 54.0 Å². The Bertz CT molecular complexity index is 427. The number of rotatable bonds is 7. The lowest BCUT2D eigenvalue weighted by Gasteiger charge is -2.33. The van der Waals surface area contributed by atoms with E-state index in [2.05, 4.69) is 20.5 Å². The van der Waals surface area contributed by atoms with Crippen LogP contribution in [0.25, 0.3) is 0 Å². The highest BCUT2D eigenvalue weighted by atomic mass is 16.5. The van der Waals surface area contributed by atoms with Gasteiger partial charge in [-0.15, -0.1) is 0 Å². The van der Waals surface area contributed by atoms with Crippen molar-refractivity contribution in [1.29, 1.82) is 0 Å². The summed E-state index contributed by atoms with van der Waals surface area (Å²) >= 11 is 0. The maximum Gasteiger partial charge on any atom is 0.243 e. The van der Waals surface area contributed by atoms with Crippen molar-refractivity contribution in [1.82, 2.24) is 20.4 Å². The van der Waals surface area contributed by atoms with Gasteiger partial charge in [0.05, 0.1) is 6.61 Å². The molecule has 0 aromatic heterocycles. The number of amides is 1. The van der Waals surface area contributed by atoms with E-state index in [9.17, 15) is 4.79 Å². The normalized spacial score (nSPS) is 20.7. The van der Waals surface area contributed by atoms with E-state index < -0.39 is 0 Å². The number of methoxy groups -OCH3 is 1. The van der Waals surface area contributed by atoms with Crippen LogP contribution in [-0.4, -0.2) is 87.7 Å². The van der Waals surface area contributed by atoms with E-state index in [0.717, 1.165) is 45.0 Å². The molecule has 25 heavy (non-hydrogen) atoms. The highest BCUT2D eigenvalue weighted by Crippen LogP contribution is 2.17. The zero-order chi connectivity index (χ0) is 18.1. The third-order valence-corrected chi connectivity index (χ3v) is 5.11. The Morgan fingerprint density at radius 3 is 2.28 bits per heavy atom. The van der Waals surface area contributed by atoms with Crippen LogP contribution in [0.5, 0.6) is 0 Å². The van der Waals surface area contributed by atoms with Gasteiger partial charge in [-0.05, 0) is 25.7 Å². The molecule has 2 aliphatic rings. The fourth-order valence-corrected chi connectivity index (χ4v) is 3.40. The van der Waals surface area contributed by atoms with Crippen molar-refractivity contribution in [3.05, 3.63) is 0 Å². The SMILES string of the molecule is COCCN1CCC(NC(=NCC(=O)N(C)C)NC2CCCC2)CC1. The summed E-state index contributed by atoms with van der Waals surface area (Å²) in [6.45, 7) is 4.15. The number of hydrogen-bond acceptors (Lipinski definition) is 4. The van der Waals surface area contributed by atoms with Crippen LogP contribution in [0.2, 0.25) is 0 Å². The number of hydrogen-bond donors (Lipinski definition) is 2. The monoisotopic (exact) mass is 353 g/mol. The average molecular weight is 354 g/mol. The molecule has 1 heterocycles. The molecule has 0 aromatic carbocycles. The van der Waals surface area contributed by atoms with Crippen LogP contribution in [0.1, 0.15) is 38.5 Å². The Kier molecular flexibility index (Phi) is 8.48. The van der Waals surface area contributed by atoms with Crippen LogP contribution < -0.4 is 10.6 Å². The summed E-state index contributed by atoms with van der Waals surface area (Å²) < 4.78 is 5.16. The van der Waals surface area contributed by atoms with Gasteiger partial charge in [0, 0.05) is 52.9 Å². The fraction of sp³-hybridized carbons (Fsp3) is 0.889. The first-order valence-electron chi connectivity index (χ1n) is 9.57. The van der Waals surface area contributed by atoms with Gasteiger partial charge in [0.2, 0.25) is 5.91 Å². The van der Waals surface area contributed by atoms with Gasteiger partial charge in [-0.3, -0.25) is 4.79 Å². The zero-order valence-corrected chi connectivity index (χ0v) is 16.1. The Balaban J connectivity index is 1.84. The highest BCUT2D eigenvalue weighted by Gasteiger charge is 2.22. The van der Waals surface area contributed by atoms with Crippen molar-refractivity contribution in [2.24, 2.45) is 4.99 Å². The van der Waals surface area contributed by atoms with Crippen LogP contribution in [0.4, 0.5) is 0 Å². The summed E-state index contributed by atoms with van der Waals surface area (Å²) in [4.78, 5) is 20.4. The molecule has 0 atom stereocenters. The number of ether oxygens (including phenoxy) is 1. The van der Waals surface area contributed by atoms with Crippen LogP contribution in [-0.2, 0) is 9.53 Å². The number of likely N-dealkylation sites (tertiary alicyclic amines) is 1. The standard InChI is InChI=1S/C18H35N5O2/c1-22(2)17(24)14-19-18(20-15-6-4-5-7-15)21-16-8-10-23(11-9-16)12-13-25-3/h15-16H,4-14H2,1-3H3,(H2,19,20,21). The predicted molar refractivity (Wildman–Crippen MR) is 101 cm³/mol. The minimum Gasteiger partial charge on any atom is -0.383 e. The lowest BCUT2D eigenvalue weighted by Crippen LogP contribution is -2.51. The first-order valence-corrected chi connectivity index (χ1v) is 9.57. The molecule has 7 nitrogen and oxygen atoms in total. The molecule has 0 aromatic rings. The van der Waals surface area contributed by atoms with Crippen molar-refractivity contribution in [3.63, 3.8) is 0 Å². The number of carbonyl (C=O) groups is 1. The second-order valence-electron chi connectivity index (χ2n) is 7.33. The number of nitrogens with zero attached hydrogens (tertiary/aromatic N) is 3. The van der Waals surface area contributed by atoms with E-state index in [0.29, 0.717) is 12.1 Å². The molecule has 2 rings (SSSR count). The Hall–Kier alpha value is -1.34. The fourth-order valence-electron chi connectivity index (χ4n) is 3.40. The molecule has 0 unspecified atom stereocenters. The van der Waals surface area contributed by atoms with Crippen molar-refractivity contribution in [2.45, 2.75) is 50.6 Å². The van der Waals surface area contributed by atoms with Crippen LogP contribution in [0.15, 0.2) is 4.99 Å². The molecule has 1 aliphatic carbocycles. The van der Waals surface area contributed by atoms with Gasteiger partial charge in [-0.2, -0.15) is 0 Å². The van der Waals surface area contributed by atoms with Gasteiger partial charge in [0.15, 0.2) is 5.96 Å². The van der Waals surface area contributed by atoms with Gasteiger partial charge in [0.1, 0.15) is 6.54 Å². The van der Waals surface area contributed by atoms with Crippen LogP contribution >= 0.6 is 0 Å². The van der Waals surface area contributed by atoms with Gasteiger partial charge in [-0.1, -0.05) is 12.8 Å². The van der Waals surface area contributed by atoms with Crippen molar-refractivity contribution in [3.8, 4) is 0 Å². The molecular formula is C18H35N5O2. The Labute approximate surface area is 152 Å². The second kappa shape index (κ2) is 10.6. The summed E-state index contributed by atoms with van der Waals surface area (Å²) in [6, 6.07) is 0.906. The summed E-state index contributed by atoms with van der Waals surface area (Å²) in [5.41, 5.74) is 0. The maximum atomic E-state index is 11.9. The highest BCUT2D eigenvalue weighted by molar-refractivity contribution is 5.85. The lowest BCUT2D eigenvalue weighted by molar-refractivity contribution is -0.127. The van der Waals surface area contributed by atoms with Gasteiger partial charge < -0.3 is 25.2 Å². The van der Waals surface area contributed by atoms with E-state index in [1.165, 1.54) is 25.7 Å². The van der Waals surface area contributed by atoms with Gasteiger partial charge in [0.25, 0.3) is 0 Å². The summed E-state index contributed by atoms with van der Waals surface area (Å²) in [5.74, 6) is 0.833. The number of piperidine rings is 1. The molecule has 0 spiro atoms. The minimum atomic E-state index is 0.0295. The number of likely N-dealkylation sites (N-methyl/N-ethyl adjacent to an activating group) is 1. The minimum absolute atomic E-state index is 0.0295. The molecule has 0 bridgehead atoms. The number of nitrogens with one attached hydrogen (secondary N) is 2. The van der Waals surface area contributed by atoms with E-state index in [-0.39, 0.29) is 12.5 Å². The van der Waals surface area contributed by atoms with Gasteiger partial charge >= 0.3 is 0 Å². The van der Waals surface area contributed by atoms with E-state index in [4.69, 9.17) is 4.74 Å². The Morgan fingerprint density at radius 2 is 1.72 bits per heavy atom. The molecule has 0 radical (unpaired) electrons. The quantitative estimate of drug-likeness (QED) is 0.520. The molecule has 144 valence electrons. The third kappa shape index (κ3) is 7.20. The van der Waals surface area contributed by atoms with Crippen LogP contribution in [0, 0.1) is 0 Å². The summed E-state index contributed by atoms with van der Waals surface area (Å²) in [7, 11) is 5.29. The molecule has 7 heteroatoms. The number of guanidine groups is 1. The third-order valence-electron chi connectivity index (χ3n) is 5.11. The zero-order valence-electron chi connectivity index (χ0n) is 16.1. The second-order valence-corrected chi connectivity index (χ2v) is 7.33. The van der Waals surface area contributed by atoms with Crippen molar-refractivity contribution >= 4 is 11.9 Å². The first-order chi connectivity index (χ1) is 12.1. The molecular weight excluding hydrogens is 318 g/mol. The molecule has 1 saturated carbocycles. The topological polar surface area (TPSA) is 69.2 Å². The van der Waals surface area contributed by atoms with E-state index >= 15 is 0 Å². The Morgan fingerprint density at radius 1 is 1.12 bits per heavy atom. The van der Waals surface area contributed by atoms with Gasteiger partial charge in [-0.25, -0.2) is 4.99 Å². The lowest BCUT2D eigenvalue weighted by atomic mass is 10.1. The molecule has 1 amide bonds. The molecule has 2 fully saturated rings. The molecule has 1 aliphatic heterocycles. The molecule has 1 saturated heterocycles. The largest absolute Gasteiger partial charge is 0.383 e. The van der Waals surface area contributed by atoms with Crippen LogP contribution in [0.3, 0.4) is 0 Å². The van der Waals surface area contributed by atoms with Crippen molar-refractivity contribution < 1.29 is 9.53 Å². The first kappa shape index (κ1) is 20.0. The summed E-state index contributed by atoms with van der Waals surface area (Å²) in [6.07, 6.45) is 7.13. The summed E-state index contributed by atoms with van der Waals surface area (Å²) in [5, 5.41) is 7.10. The number of carbonyl (C=O) groups excluding carboxylic acids is 1. The smallest absolute Gasteiger partial charge is 0.243 e. The van der Waals surface area contributed by atoms with E-state index in [1.54, 1.807) is 26.1 Å².